The van der Waals surface area contributed by atoms with Crippen LogP contribution < -0.4 is 16.0 Å². The lowest BCUT2D eigenvalue weighted by Crippen LogP contribution is -2.49. The van der Waals surface area contributed by atoms with Crippen LogP contribution in [0.3, 0.4) is 0 Å². The van der Waals surface area contributed by atoms with E-state index in [0.29, 0.717) is 40.7 Å². The van der Waals surface area contributed by atoms with Gasteiger partial charge in [-0.25, -0.2) is 0 Å². The van der Waals surface area contributed by atoms with Crippen LogP contribution in [-0.2, 0) is 16.0 Å². The smallest absolute Gasteiger partial charge is 0.272 e. The first kappa shape index (κ1) is 35.6. The summed E-state index contributed by atoms with van der Waals surface area (Å²) in [6, 6.07) is 27.4. The van der Waals surface area contributed by atoms with Crippen LogP contribution >= 0.6 is 35.6 Å². The highest BCUT2D eigenvalue weighted by molar-refractivity contribution is 6.35. The van der Waals surface area contributed by atoms with E-state index in [1.807, 2.05) is 80.8 Å². The zero-order valence-corrected chi connectivity index (χ0v) is 28.4. The highest BCUT2D eigenvalue weighted by Gasteiger charge is 2.32. The summed E-state index contributed by atoms with van der Waals surface area (Å²) in [6.45, 7) is 1.19. The first-order valence-corrected chi connectivity index (χ1v) is 15.7. The first-order chi connectivity index (χ1) is 22.1. The average Bonchev–Trinajstić information content (AvgIpc) is 3.16. The Morgan fingerprint density at radius 2 is 1.66 bits per heavy atom. The van der Waals surface area contributed by atoms with Crippen LogP contribution in [0.15, 0.2) is 96.0 Å². The number of nitrogens with one attached hydrogen (secondary N) is 1. The lowest BCUT2D eigenvalue weighted by molar-refractivity contribution is -0.128. The fourth-order valence-electron chi connectivity index (χ4n) is 5.44. The van der Waals surface area contributed by atoms with Crippen LogP contribution in [-0.4, -0.2) is 62.2 Å². The van der Waals surface area contributed by atoms with E-state index >= 15 is 0 Å². The second kappa shape index (κ2) is 16.1. The van der Waals surface area contributed by atoms with Crippen molar-refractivity contribution in [3.05, 3.63) is 123 Å². The minimum absolute atomic E-state index is 0. The van der Waals surface area contributed by atoms with Crippen LogP contribution in [0.5, 0.6) is 0 Å². The van der Waals surface area contributed by atoms with Gasteiger partial charge in [0.25, 0.3) is 5.91 Å². The van der Waals surface area contributed by atoms with Crippen molar-refractivity contribution < 1.29 is 14.4 Å². The van der Waals surface area contributed by atoms with Crippen molar-refractivity contribution in [3.63, 3.8) is 0 Å². The standard InChI is InChI=1S/C36H35Cl2N5O3.ClH/c1-42(2)17-6-18-43-32-20-26(23-9-11-25(12-10-23)33(39)44)13-14-28(32)22-40-34(36(43)46)41-35(45)30(24-7-4-3-5-8-24)19-27-15-16-29(37)21-31(27)38;/h3-5,7-16,20-22,30,34H,6,17-19H2,1-2H3,(H2,39,44)(H,41,45);1H. The minimum Gasteiger partial charge on any atom is -0.366 e. The number of nitrogens with two attached hydrogens (primary N) is 1. The Balaban J connectivity index is 0.00000500. The van der Waals surface area contributed by atoms with Gasteiger partial charge in [0, 0.05) is 33.9 Å². The number of hydrogen-bond acceptors (Lipinski definition) is 5. The Kier molecular flexibility index (Phi) is 12.2. The normalized spacial score (nSPS) is 14.6. The maximum atomic E-state index is 14.2. The van der Waals surface area contributed by atoms with Gasteiger partial charge in [0.1, 0.15) is 0 Å². The molecule has 0 saturated carbocycles. The molecule has 2 atom stereocenters. The third kappa shape index (κ3) is 8.78. The molecule has 244 valence electrons. The molecule has 11 heteroatoms. The van der Waals surface area contributed by atoms with Crippen molar-refractivity contribution in [2.24, 2.45) is 10.7 Å². The number of rotatable bonds is 11. The number of benzodiazepines with no additional fused rings is 1. The van der Waals surface area contributed by atoms with Crippen molar-refractivity contribution in [1.82, 2.24) is 10.2 Å². The monoisotopic (exact) mass is 691 g/mol. The molecule has 0 saturated heterocycles. The number of hydrogen-bond donors (Lipinski definition) is 2. The number of primary amides is 1. The lowest BCUT2D eigenvalue weighted by Gasteiger charge is -2.27. The molecule has 2 unspecified atom stereocenters. The summed E-state index contributed by atoms with van der Waals surface area (Å²) in [6.07, 6.45) is 1.51. The van der Waals surface area contributed by atoms with Crippen molar-refractivity contribution >= 4 is 65.2 Å². The van der Waals surface area contributed by atoms with Gasteiger partial charge in [-0.1, -0.05) is 83.9 Å². The van der Waals surface area contributed by atoms with Gasteiger partial charge in [0.15, 0.2) is 0 Å². The van der Waals surface area contributed by atoms with Crippen LogP contribution in [0.4, 0.5) is 5.69 Å². The van der Waals surface area contributed by atoms with E-state index < -0.39 is 18.0 Å². The van der Waals surface area contributed by atoms with Gasteiger partial charge in [0.05, 0.1) is 11.6 Å². The molecule has 47 heavy (non-hydrogen) atoms. The molecule has 3 amide bonds. The molecule has 5 rings (SSSR count). The maximum absolute atomic E-state index is 14.2. The summed E-state index contributed by atoms with van der Waals surface area (Å²) < 4.78 is 0. The molecule has 4 aromatic rings. The number of nitrogens with zero attached hydrogens (tertiary/aromatic N) is 3. The van der Waals surface area contributed by atoms with Crippen LogP contribution in [0.25, 0.3) is 11.1 Å². The SMILES string of the molecule is CN(C)CCCN1C(=O)C(NC(=O)C(Cc2ccc(Cl)cc2Cl)c2ccccc2)N=Cc2ccc(-c3ccc(C(N)=O)cc3)cc21.Cl. The van der Waals surface area contributed by atoms with E-state index in [1.165, 1.54) is 0 Å². The van der Waals surface area contributed by atoms with E-state index in [4.69, 9.17) is 28.9 Å². The Bertz CT molecular complexity index is 1760. The molecule has 4 aromatic carbocycles. The van der Waals surface area contributed by atoms with Crippen molar-refractivity contribution in [2.45, 2.75) is 24.9 Å². The third-order valence-electron chi connectivity index (χ3n) is 7.91. The van der Waals surface area contributed by atoms with E-state index in [1.54, 1.807) is 35.4 Å². The number of aliphatic imine (C=N–C) groups is 1. The largest absolute Gasteiger partial charge is 0.366 e. The Hall–Kier alpha value is -4.21. The van der Waals surface area contributed by atoms with Gasteiger partial charge in [-0.3, -0.25) is 19.4 Å². The Labute approximate surface area is 291 Å². The molecule has 3 N–H and O–H groups in total. The predicted octanol–water partition coefficient (Wildman–Crippen LogP) is 6.37. The first-order valence-electron chi connectivity index (χ1n) is 14.9. The van der Waals surface area contributed by atoms with Gasteiger partial charge in [-0.2, -0.15) is 0 Å². The van der Waals surface area contributed by atoms with Gasteiger partial charge < -0.3 is 20.9 Å². The molecule has 0 spiro atoms. The van der Waals surface area contributed by atoms with Crippen LogP contribution in [0.2, 0.25) is 10.0 Å². The Morgan fingerprint density at radius 1 is 0.957 bits per heavy atom. The van der Waals surface area contributed by atoms with Crippen LogP contribution in [0, 0.1) is 0 Å². The van der Waals surface area contributed by atoms with Crippen LogP contribution in [0.1, 0.15) is 39.4 Å². The second-order valence-corrected chi connectivity index (χ2v) is 12.3. The van der Waals surface area contributed by atoms with Gasteiger partial charge in [0.2, 0.25) is 18.0 Å². The number of carbonyl (C=O) groups is 3. The number of benzene rings is 4. The molecule has 8 nitrogen and oxygen atoms in total. The second-order valence-electron chi connectivity index (χ2n) is 11.5. The molecular formula is C36H36Cl3N5O3. The lowest BCUT2D eigenvalue weighted by atomic mass is 9.91. The van der Waals surface area contributed by atoms with Gasteiger partial charge >= 0.3 is 0 Å². The molecule has 0 aromatic heterocycles. The fourth-order valence-corrected chi connectivity index (χ4v) is 5.93. The molecule has 1 heterocycles. The Morgan fingerprint density at radius 3 is 2.32 bits per heavy atom. The van der Waals surface area contributed by atoms with E-state index in [9.17, 15) is 14.4 Å². The maximum Gasteiger partial charge on any atom is 0.272 e. The molecule has 1 aliphatic rings. The summed E-state index contributed by atoms with van der Waals surface area (Å²) in [7, 11) is 3.96. The summed E-state index contributed by atoms with van der Waals surface area (Å²) >= 11 is 12.6. The van der Waals surface area contributed by atoms with Crippen molar-refractivity contribution in [2.75, 3.05) is 32.1 Å². The molecular weight excluding hydrogens is 657 g/mol. The zero-order chi connectivity index (χ0) is 32.8. The summed E-state index contributed by atoms with van der Waals surface area (Å²) in [5.74, 6) is -1.81. The molecule has 0 bridgehead atoms. The van der Waals surface area contributed by atoms with Gasteiger partial charge in [-0.15, -0.1) is 12.4 Å². The molecule has 0 aliphatic carbocycles. The summed E-state index contributed by atoms with van der Waals surface area (Å²) in [5.41, 5.74) is 10.5. The predicted molar refractivity (Wildman–Crippen MR) is 192 cm³/mol. The molecule has 1 aliphatic heterocycles. The molecule has 0 fully saturated rings. The van der Waals surface area contributed by atoms with E-state index in [-0.39, 0.29) is 24.2 Å². The number of amides is 3. The van der Waals surface area contributed by atoms with Crippen molar-refractivity contribution in [3.8, 4) is 11.1 Å². The number of fused-ring (bicyclic) bond motifs is 1. The van der Waals surface area contributed by atoms with E-state index in [2.05, 4.69) is 15.2 Å². The number of halogens is 3. The quantitative estimate of drug-likeness (QED) is 0.191. The summed E-state index contributed by atoms with van der Waals surface area (Å²) in [5, 5.41) is 3.91. The number of carbonyl (C=O) groups excluding carboxylic acids is 3. The zero-order valence-electron chi connectivity index (χ0n) is 26.0. The average molecular weight is 693 g/mol. The van der Waals surface area contributed by atoms with Crippen molar-refractivity contribution in [1.29, 1.82) is 0 Å². The van der Waals surface area contributed by atoms with Gasteiger partial charge in [-0.05, 0) is 86.1 Å². The molecule has 0 radical (unpaired) electrons. The van der Waals surface area contributed by atoms with E-state index in [0.717, 1.165) is 34.4 Å². The highest BCUT2D eigenvalue weighted by Crippen LogP contribution is 2.31. The number of anilines is 1. The minimum atomic E-state index is -1.13. The topological polar surface area (TPSA) is 108 Å². The highest BCUT2D eigenvalue weighted by atomic mass is 35.5. The fraction of sp³-hybridized carbons (Fsp3) is 0.222. The summed E-state index contributed by atoms with van der Waals surface area (Å²) in [4.78, 5) is 48.1. The third-order valence-corrected chi connectivity index (χ3v) is 8.50.